The van der Waals surface area contributed by atoms with Gasteiger partial charge in [-0.15, -0.1) is 6.58 Å². The van der Waals surface area contributed by atoms with E-state index in [2.05, 4.69) is 32.2 Å². The lowest BCUT2D eigenvalue weighted by atomic mass is 9.79. The molecular weight excluding hydrogens is 522 g/mol. The lowest BCUT2D eigenvalue weighted by Crippen LogP contribution is -2.57. The molecule has 41 heavy (non-hydrogen) atoms. The number of allylic oxidation sites excluding steroid dienone is 3. The van der Waals surface area contributed by atoms with Gasteiger partial charge >= 0.3 is 0 Å². The van der Waals surface area contributed by atoms with Crippen LogP contribution < -0.4 is 25.8 Å². The number of benzene rings is 1. The molecule has 1 aromatic carbocycles. The van der Waals surface area contributed by atoms with E-state index >= 15 is 0 Å². The zero-order valence-electron chi connectivity index (χ0n) is 24.0. The highest BCUT2D eigenvalue weighted by Gasteiger charge is 2.45. The summed E-state index contributed by atoms with van der Waals surface area (Å²) in [6.45, 7) is 12.2. The predicted molar refractivity (Wildman–Crippen MR) is 161 cm³/mol. The number of carbonyl (C=O) groups is 1. The Labute approximate surface area is 239 Å². The second-order valence-corrected chi connectivity index (χ2v) is 10.8. The highest BCUT2D eigenvalue weighted by Crippen LogP contribution is 2.43. The Hall–Kier alpha value is -4.45. The molecule has 2 N–H and O–H groups in total. The van der Waals surface area contributed by atoms with Crippen molar-refractivity contribution in [1.29, 1.82) is 0 Å². The van der Waals surface area contributed by atoms with Crippen molar-refractivity contribution in [2.24, 2.45) is 10.5 Å². The fraction of sp³-hybridized carbons (Fsp3) is 0.414. The van der Waals surface area contributed by atoms with Crippen LogP contribution in [0, 0.1) is 5.41 Å². The second kappa shape index (κ2) is 11.6. The number of carbonyl (C=O) groups excluding carboxylic acids is 1. The highest BCUT2D eigenvalue weighted by molar-refractivity contribution is 6.01. The third kappa shape index (κ3) is 5.47. The molecule has 12 nitrogen and oxygen atoms in total. The minimum absolute atomic E-state index is 0.0810. The highest BCUT2D eigenvalue weighted by atomic mass is 16.5. The molecule has 0 saturated carbocycles. The Morgan fingerprint density at radius 2 is 2.17 bits per heavy atom. The van der Waals surface area contributed by atoms with E-state index in [0.29, 0.717) is 34.5 Å². The van der Waals surface area contributed by atoms with Crippen molar-refractivity contribution in [3.05, 3.63) is 59.6 Å². The van der Waals surface area contributed by atoms with Gasteiger partial charge in [0.2, 0.25) is 5.95 Å². The number of hydrogen-bond acceptors (Lipinski definition) is 10. The normalized spacial score (nSPS) is 16.5. The Kier molecular flexibility index (Phi) is 7.93. The quantitative estimate of drug-likeness (QED) is 0.0964. The smallest absolute Gasteiger partial charge is 0.278 e. The van der Waals surface area contributed by atoms with Gasteiger partial charge in [-0.25, -0.2) is 14.3 Å². The Morgan fingerprint density at radius 3 is 2.83 bits per heavy atom. The molecule has 2 aliphatic heterocycles. The zero-order valence-corrected chi connectivity index (χ0v) is 24.0. The van der Waals surface area contributed by atoms with Gasteiger partial charge in [0.05, 0.1) is 19.3 Å². The molecular formula is C29H37N9O3. The number of nitrogens with zero attached hydrogens (tertiary/aromatic N) is 7. The molecule has 1 spiro atoms. The molecule has 2 saturated heterocycles. The molecule has 5 rings (SSSR count). The lowest BCUT2D eigenvalue weighted by molar-refractivity contribution is -0.104. The summed E-state index contributed by atoms with van der Waals surface area (Å²) in [4.78, 5) is 36.0. The number of hydrazone groups is 1. The molecule has 2 aromatic heterocycles. The van der Waals surface area contributed by atoms with E-state index in [-0.39, 0.29) is 18.1 Å². The topological polar surface area (TPSA) is 122 Å². The number of anilines is 3. The SMILES string of the molecule is C=CCn1c(=O)c2cnc(Nc3ccc(N4CC5(CCNC5)C4)c(OC)c3)nc2n1C(/C=C\C=O)=N/N(C)C(C)C. The fourth-order valence-corrected chi connectivity index (χ4v) is 5.30. The number of rotatable bonds is 10. The molecule has 2 aliphatic rings. The standard InChI is InChI=1S/C29H37N9O3/c1-6-13-37-27(40)22-16-31-28(33-26(22)38(37)25(8-7-14-39)34-35(4)20(2)3)32-21-9-10-23(24(15-21)41-5)36-18-29(19-36)11-12-30-17-29/h6-10,14-16,20,30H,1,11-13,17-19H2,2-5H3,(H,31,32,33)/b8-7-,34-25+. The molecule has 0 atom stereocenters. The minimum atomic E-state index is -0.290. The average Bonchev–Trinajstić information content (AvgIpc) is 3.54. The van der Waals surface area contributed by atoms with E-state index in [1.165, 1.54) is 23.4 Å². The van der Waals surface area contributed by atoms with Crippen molar-refractivity contribution in [2.75, 3.05) is 50.6 Å². The van der Waals surface area contributed by atoms with Crippen molar-refractivity contribution < 1.29 is 9.53 Å². The summed E-state index contributed by atoms with van der Waals surface area (Å²) in [6.07, 6.45) is 7.86. The van der Waals surface area contributed by atoms with E-state index in [1.807, 2.05) is 39.1 Å². The van der Waals surface area contributed by atoms with Crippen LogP contribution in [0.15, 0.2) is 59.1 Å². The van der Waals surface area contributed by atoms with Crippen molar-refractivity contribution in [2.45, 2.75) is 32.9 Å². The first-order valence-electron chi connectivity index (χ1n) is 13.7. The van der Waals surface area contributed by atoms with Crippen molar-refractivity contribution in [1.82, 2.24) is 29.7 Å². The van der Waals surface area contributed by atoms with Gasteiger partial charge in [-0.05, 0) is 51.1 Å². The first-order valence-corrected chi connectivity index (χ1v) is 13.7. The molecule has 4 heterocycles. The first-order chi connectivity index (χ1) is 19.8. The summed E-state index contributed by atoms with van der Waals surface area (Å²) in [5.74, 6) is 1.41. The molecule has 0 radical (unpaired) electrons. The molecule has 0 aliphatic carbocycles. The van der Waals surface area contributed by atoms with Crippen LogP contribution in [0.5, 0.6) is 5.75 Å². The fourth-order valence-electron chi connectivity index (χ4n) is 5.30. The summed E-state index contributed by atoms with van der Waals surface area (Å²) >= 11 is 0. The van der Waals surface area contributed by atoms with Crippen molar-refractivity contribution in [3.63, 3.8) is 0 Å². The Balaban J connectivity index is 1.50. The molecule has 0 bridgehead atoms. The van der Waals surface area contributed by atoms with Crippen LogP contribution in [-0.2, 0) is 11.3 Å². The van der Waals surface area contributed by atoms with Crippen LogP contribution in [0.25, 0.3) is 11.0 Å². The predicted octanol–water partition coefficient (Wildman–Crippen LogP) is 2.59. The Morgan fingerprint density at radius 1 is 1.37 bits per heavy atom. The van der Waals surface area contributed by atoms with E-state index < -0.39 is 0 Å². The summed E-state index contributed by atoms with van der Waals surface area (Å²) < 4.78 is 8.80. The maximum atomic E-state index is 13.3. The van der Waals surface area contributed by atoms with Crippen LogP contribution in [0.3, 0.4) is 0 Å². The maximum absolute atomic E-state index is 13.3. The number of ether oxygens (including phenoxy) is 1. The maximum Gasteiger partial charge on any atom is 0.278 e. The molecule has 3 aromatic rings. The largest absolute Gasteiger partial charge is 0.495 e. The summed E-state index contributed by atoms with van der Waals surface area (Å²) in [5, 5.41) is 13.4. The summed E-state index contributed by atoms with van der Waals surface area (Å²) in [5.41, 5.74) is 2.23. The molecule has 2 fully saturated rings. The Bertz CT molecular complexity index is 1560. The number of methoxy groups -OCH3 is 1. The second-order valence-electron chi connectivity index (χ2n) is 10.8. The van der Waals surface area contributed by atoms with Crippen molar-refractivity contribution >= 4 is 40.5 Å². The monoisotopic (exact) mass is 559 g/mol. The van der Waals surface area contributed by atoms with Crippen LogP contribution in [-0.4, -0.2) is 82.8 Å². The third-order valence-electron chi connectivity index (χ3n) is 7.69. The minimum Gasteiger partial charge on any atom is -0.495 e. The van der Waals surface area contributed by atoms with Gasteiger partial charge < -0.3 is 20.3 Å². The van der Waals surface area contributed by atoms with E-state index in [4.69, 9.17) is 9.72 Å². The molecule has 216 valence electrons. The number of aldehydes is 1. The number of hydrogen-bond donors (Lipinski definition) is 2. The van der Waals surface area contributed by atoms with Crippen molar-refractivity contribution in [3.8, 4) is 5.75 Å². The molecule has 12 heteroatoms. The molecule has 0 amide bonds. The van der Waals surface area contributed by atoms with Gasteiger partial charge in [-0.2, -0.15) is 10.1 Å². The first kappa shape index (κ1) is 28.1. The lowest BCUT2D eigenvalue weighted by Gasteiger charge is -2.49. The van der Waals surface area contributed by atoms with E-state index in [9.17, 15) is 9.59 Å². The van der Waals surface area contributed by atoms with Gasteiger partial charge in [0.1, 0.15) is 17.4 Å². The van der Waals surface area contributed by atoms with Gasteiger partial charge in [-0.1, -0.05) is 6.08 Å². The van der Waals surface area contributed by atoms with Gasteiger partial charge in [0.25, 0.3) is 5.56 Å². The van der Waals surface area contributed by atoms with Crippen LogP contribution in [0.1, 0.15) is 20.3 Å². The van der Waals surface area contributed by atoms with E-state index in [1.54, 1.807) is 29.0 Å². The summed E-state index contributed by atoms with van der Waals surface area (Å²) in [6, 6.07) is 6.02. The zero-order chi connectivity index (χ0) is 29.1. The number of aromatic nitrogens is 4. The van der Waals surface area contributed by atoms with Gasteiger partial charge in [0.15, 0.2) is 11.5 Å². The van der Waals surface area contributed by atoms with Crippen LogP contribution in [0.2, 0.25) is 0 Å². The number of fused-ring (bicyclic) bond motifs is 1. The molecule has 0 unspecified atom stereocenters. The average molecular weight is 560 g/mol. The summed E-state index contributed by atoms with van der Waals surface area (Å²) in [7, 11) is 3.49. The third-order valence-corrected chi connectivity index (χ3v) is 7.69. The van der Waals surface area contributed by atoms with E-state index in [0.717, 1.165) is 43.3 Å². The number of nitrogens with one attached hydrogen (secondary N) is 2. The van der Waals surface area contributed by atoms with Gasteiger partial charge in [0, 0.05) is 56.1 Å². The van der Waals surface area contributed by atoms with Gasteiger partial charge in [-0.3, -0.25) is 14.6 Å². The van der Waals surface area contributed by atoms with Crippen LogP contribution in [0.4, 0.5) is 17.3 Å². The van der Waals surface area contributed by atoms with Crippen LogP contribution >= 0.6 is 0 Å².